The number of anilines is 3. The number of hydrogen-bond donors (Lipinski definition) is 0. The van der Waals surface area contributed by atoms with Gasteiger partial charge in [-0.2, -0.15) is 0 Å². The van der Waals surface area contributed by atoms with E-state index in [1.165, 1.54) is 76.4 Å². The van der Waals surface area contributed by atoms with Gasteiger partial charge in [-0.05, 0) is 110 Å². The molecular weight excluding hydrogens is 677 g/mol. The Kier molecular flexibility index (Phi) is 7.53. The van der Waals surface area contributed by atoms with E-state index < -0.39 is 0 Å². The minimum atomic E-state index is 1.11. The Morgan fingerprint density at radius 2 is 0.839 bits per heavy atom. The summed E-state index contributed by atoms with van der Waals surface area (Å²) in [6.45, 7) is 0. The Balaban J connectivity index is 0.998. The predicted molar refractivity (Wildman–Crippen MR) is 239 cm³/mol. The molecule has 0 saturated heterocycles. The zero-order valence-electron chi connectivity index (χ0n) is 30.7. The van der Waals surface area contributed by atoms with Gasteiger partial charge in [-0.15, -0.1) is 0 Å². The first kappa shape index (κ1) is 32.0. The molecule has 0 aliphatic carbocycles. The fourth-order valence-corrected chi connectivity index (χ4v) is 8.71. The van der Waals surface area contributed by atoms with Crippen molar-refractivity contribution in [3.8, 4) is 27.9 Å². The molecule has 0 N–H and O–H groups in total. The first-order valence-corrected chi connectivity index (χ1v) is 19.3. The topological polar surface area (TPSA) is 8.17 Å². The van der Waals surface area contributed by atoms with Crippen molar-refractivity contribution in [1.29, 1.82) is 0 Å². The quantitative estimate of drug-likeness (QED) is 0.156. The van der Waals surface area contributed by atoms with Crippen LogP contribution in [0.4, 0.5) is 17.1 Å². The minimum Gasteiger partial charge on any atom is -0.311 e. The van der Waals surface area contributed by atoms with Crippen molar-refractivity contribution in [2.75, 3.05) is 4.90 Å². The van der Waals surface area contributed by atoms with E-state index in [0.717, 1.165) is 22.7 Å². The summed E-state index contributed by atoms with van der Waals surface area (Å²) in [5, 5.41) is 10.1. The third-order valence-electron chi connectivity index (χ3n) is 11.3. The van der Waals surface area contributed by atoms with Crippen molar-refractivity contribution in [2.24, 2.45) is 0 Å². The lowest BCUT2D eigenvalue weighted by molar-refractivity contribution is 1.19. The van der Waals surface area contributed by atoms with Crippen molar-refractivity contribution in [3.63, 3.8) is 0 Å². The molecule has 10 aromatic carbocycles. The molecule has 11 aromatic rings. The van der Waals surface area contributed by atoms with Gasteiger partial charge >= 0.3 is 0 Å². The first-order valence-electron chi connectivity index (χ1n) is 19.3. The fraction of sp³-hybridized carbons (Fsp3) is 0. The van der Waals surface area contributed by atoms with Crippen molar-refractivity contribution in [1.82, 2.24) is 4.57 Å². The van der Waals surface area contributed by atoms with E-state index in [2.05, 4.69) is 228 Å². The second kappa shape index (κ2) is 13.2. The summed E-state index contributed by atoms with van der Waals surface area (Å²) in [5.41, 5.74) is 11.8. The second-order valence-electron chi connectivity index (χ2n) is 14.5. The number of aromatic nitrogens is 1. The van der Waals surface area contributed by atoms with Crippen molar-refractivity contribution in [2.45, 2.75) is 0 Å². The SMILES string of the molecule is c1ccc(N(c2ccc(-c3ccc4c5ccc6ccccc6c5n(-c5ccccc5)c4c3)cc2)c2ccc(-c3cc4ccccc4c4ccccc34)cc2)cc1. The zero-order chi connectivity index (χ0) is 37.0. The summed E-state index contributed by atoms with van der Waals surface area (Å²) in [5.74, 6) is 0. The third kappa shape index (κ3) is 5.26. The van der Waals surface area contributed by atoms with Crippen LogP contribution in [0.5, 0.6) is 0 Å². The number of hydrogen-bond acceptors (Lipinski definition) is 1. The van der Waals surface area contributed by atoms with E-state index in [-0.39, 0.29) is 0 Å². The molecule has 2 nitrogen and oxygen atoms in total. The maximum absolute atomic E-state index is 2.44. The normalized spacial score (nSPS) is 11.6. The average molecular weight is 713 g/mol. The molecule has 0 unspecified atom stereocenters. The van der Waals surface area contributed by atoms with E-state index in [1.807, 2.05) is 0 Å². The molecule has 56 heavy (non-hydrogen) atoms. The molecule has 0 radical (unpaired) electrons. The average Bonchev–Trinajstić information content (AvgIpc) is 3.62. The van der Waals surface area contributed by atoms with E-state index in [1.54, 1.807) is 0 Å². The maximum atomic E-state index is 2.44. The number of benzene rings is 10. The Morgan fingerprint density at radius 1 is 0.304 bits per heavy atom. The van der Waals surface area contributed by atoms with Crippen molar-refractivity contribution >= 4 is 71.2 Å². The largest absolute Gasteiger partial charge is 0.311 e. The van der Waals surface area contributed by atoms with E-state index >= 15 is 0 Å². The Hall–Kier alpha value is -7.42. The summed E-state index contributed by atoms with van der Waals surface area (Å²) in [6.07, 6.45) is 0. The lowest BCUT2D eigenvalue weighted by Gasteiger charge is -2.26. The molecule has 0 saturated carbocycles. The predicted octanol–water partition coefficient (Wildman–Crippen LogP) is 15.0. The zero-order valence-corrected chi connectivity index (χ0v) is 30.7. The van der Waals surface area contributed by atoms with Crippen LogP contribution in [-0.2, 0) is 0 Å². The second-order valence-corrected chi connectivity index (χ2v) is 14.5. The number of nitrogens with zero attached hydrogens (tertiary/aromatic N) is 2. The lowest BCUT2D eigenvalue weighted by Crippen LogP contribution is -2.09. The van der Waals surface area contributed by atoms with Crippen molar-refractivity contribution < 1.29 is 0 Å². The summed E-state index contributed by atoms with van der Waals surface area (Å²) < 4.78 is 2.44. The van der Waals surface area contributed by atoms with Crippen LogP contribution in [-0.4, -0.2) is 4.57 Å². The van der Waals surface area contributed by atoms with E-state index in [0.29, 0.717) is 0 Å². The Labute approximate surface area is 325 Å². The fourth-order valence-electron chi connectivity index (χ4n) is 8.71. The summed E-state index contributed by atoms with van der Waals surface area (Å²) >= 11 is 0. The highest BCUT2D eigenvalue weighted by Crippen LogP contribution is 2.41. The molecule has 0 bridgehead atoms. The molecule has 1 heterocycles. The Morgan fingerprint density at radius 3 is 1.57 bits per heavy atom. The van der Waals surface area contributed by atoms with Crippen molar-refractivity contribution in [3.05, 3.63) is 218 Å². The molecule has 0 spiro atoms. The highest BCUT2D eigenvalue weighted by molar-refractivity contribution is 6.19. The van der Waals surface area contributed by atoms with Gasteiger partial charge in [0.05, 0.1) is 11.0 Å². The third-order valence-corrected chi connectivity index (χ3v) is 11.3. The van der Waals surface area contributed by atoms with Gasteiger partial charge in [-0.25, -0.2) is 0 Å². The molecule has 0 atom stereocenters. The monoisotopic (exact) mass is 712 g/mol. The van der Waals surface area contributed by atoms with Gasteiger partial charge in [0.25, 0.3) is 0 Å². The molecule has 262 valence electrons. The van der Waals surface area contributed by atoms with Crippen LogP contribution in [0, 0.1) is 0 Å². The number of para-hydroxylation sites is 2. The maximum Gasteiger partial charge on any atom is 0.0619 e. The highest BCUT2D eigenvalue weighted by atomic mass is 15.1. The summed E-state index contributed by atoms with van der Waals surface area (Å²) in [6, 6.07) is 79.3. The first-order chi connectivity index (χ1) is 27.8. The van der Waals surface area contributed by atoms with Gasteiger partial charge in [0.15, 0.2) is 0 Å². The minimum absolute atomic E-state index is 1.11. The molecule has 0 fully saturated rings. The molecule has 11 rings (SSSR count). The number of fused-ring (bicyclic) bond motifs is 8. The van der Waals surface area contributed by atoms with Crippen LogP contribution >= 0.6 is 0 Å². The summed E-state index contributed by atoms with van der Waals surface area (Å²) in [4.78, 5) is 2.34. The van der Waals surface area contributed by atoms with Crippen LogP contribution in [0.1, 0.15) is 0 Å². The van der Waals surface area contributed by atoms with Gasteiger partial charge in [-0.1, -0.05) is 158 Å². The van der Waals surface area contributed by atoms with E-state index in [4.69, 9.17) is 0 Å². The molecule has 0 aliphatic rings. The van der Waals surface area contributed by atoms with Gasteiger partial charge in [0, 0.05) is 38.9 Å². The standard InChI is InChI=1S/C54H36N2/c1-3-15-42(16-4-1)55(45-31-25-39(26-32-45)52-35-41-14-8-9-19-46(41)48-21-11-12-22-49(48)52)44-29-23-37(24-30-44)40-28-33-50-51-34-27-38-13-7-10-20-47(38)54(51)56(53(50)36-40)43-17-5-2-6-18-43/h1-36H. The lowest BCUT2D eigenvalue weighted by atomic mass is 9.93. The van der Waals surface area contributed by atoms with E-state index in [9.17, 15) is 0 Å². The number of rotatable bonds is 6. The van der Waals surface area contributed by atoms with Gasteiger partial charge in [0.2, 0.25) is 0 Å². The Bertz CT molecular complexity index is 3210. The molecular formula is C54H36N2. The van der Waals surface area contributed by atoms with Crippen LogP contribution in [0.2, 0.25) is 0 Å². The highest BCUT2D eigenvalue weighted by Gasteiger charge is 2.17. The van der Waals surface area contributed by atoms with Crippen LogP contribution in [0.3, 0.4) is 0 Å². The van der Waals surface area contributed by atoms with Crippen LogP contribution in [0.25, 0.3) is 82.1 Å². The molecule has 0 aliphatic heterocycles. The van der Waals surface area contributed by atoms with Gasteiger partial charge in [0.1, 0.15) is 0 Å². The van der Waals surface area contributed by atoms with Crippen LogP contribution in [0.15, 0.2) is 218 Å². The molecule has 2 heteroatoms. The van der Waals surface area contributed by atoms with Crippen LogP contribution < -0.4 is 4.90 Å². The summed E-state index contributed by atoms with van der Waals surface area (Å²) in [7, 11) is 0. The van der Waals surface area contributed by atoms with Gasteiger partial charge < -0.3 is 9.47 Å². The van der Waals surface area contributed by atoms with Gasteiger partial charge in [-0.3, -0.25) is 0 Å². The smallest absolute Gasteiger partial charge is 0.0619 e. The molecule has 0 amide bonds. The molecule has 1 aromatic heterocycles.